The Morgan fingerprint density at radius 1 is 1.03 bits per heavy atom. The maximum atomic E-state index is 13.7. The molecule has 0 spiro atoms. The first-order chi connectivity index (χ1) is 17.5. The number of ether oxygens (including phenoxy) is 1. The van der Waals surface area contributed by atoms with Gasteiger partial charge < -0.3 is 9.15 Å². The minimum Gasteiger partial charge on any atom is -0.494 e. The minimum atomic E-state index is -0.662. The lowest BCUT2D eigenvalue weighted by atomic mass is 9.98. The third-order valence-electron chi connectivity index (χ3n) is 6.45. The van der Waals surface area contributed by atoms with Crippen molar-refractivity contribution in [2.75, 3.05) is 11.5 Å². The highest BCUT2D eigenvalue weighted by molar-refractivity contribution is 7.15. The van der Waals surface area contributed by atoms with Crippen molar-refractivity contribution in [3.63, 3.8) is 0 Å². The number of rotatable bonds is 9. The van der Waals surface area contributed by atoms with Crippen LogP contribution in [-0.2, 0) is 6.42 Å². The van der Waals surface area contributed by atoms with Crippen LogP contribution in [0.3, 0.4) is 0 Å². The molecule has 1 amide bonds. The predicted molar refractivity (Wildman–Crippen MR) is 141 cm³/mol. The van der Waals surface area contributed by atoms with Crippen molar-refractivity contribution in [2.45, 2.75) is 58.9 Å². The van der Waals surface area contributed by atoms with E-state index in [9.17, 15) is 9.59 Å². The Morgan fingerprint density at radius 3 is 2.56 bits per heavy atom. The van der Waals surface area contributed by atoms with E-state index in [-0.39, 0.29) is 17.1 Å². The Balaban J connectivity index is 1.56. The number of hydrogen-bond acceptors (Lipinski definition) is 7. The SMILES string of the molecule is CCCCCCOc1ccc(C2c3c(oc4ccc(C)cc4c3=O)C(=O)N2c2nnc(CC)s2)cc1. The average Bonchev–Trinajstić information content (AvgIpc) is 3.47. The average molecular weight is 504 g/mol. The Hall–Kier alpha value is -3.52. The van der Waals surface area contributed by atoms with E-state index in [0.29, 0.717) is 34.7 Å². The summed E-state index contributed by atoms with van der Waals surface area (Å²) in [5.74, 6) is 0.437. The second kappa shape index (κ2) is 10.2. The lowest BCUT2D eigenvalue weighted by Crippen LogP contribution is -2.29. The zero-order valence-electron chi connectivity index (χ0n) is 20.7. The van der Waals surface area contributed by atoms with Crippen molar-refractivity contribution < 1.29 is 13.9 Å². The van der Waals surface area contributed by atoms with Crippen LogP contribution in [0.25, 0.3) is 11.0 Å². The first-order valence-corrected chi connectivity index (χ1v) is 13.3. The molecule has 2 aromatic heterocycles. The molecule has 0 radical (unpaired) electrons. The molecule has 8 heteroatoms. The highest BCUT2D eigenvalue weighted by atomic mass is 32.1. The predicted octanol–water partition coefficient (Wildman–Crippen LogP) is 6.22. The maximum absolute atomic E-state index is 13.7. The first-order valence-electron chi connectivity index (χ1n) is 12.5. The van der Waals surface area contributed by atoms with Gasteiger partial charge in [0.2, 0.25) is 10.9 Å². The van der Waals surface area contributed by atoms with Gasteiger partial charge in [-0.25, -0.2) is 0 Å². The number of anilines is 1. The molecular weight excluding hydrogens is 474 g/mol. The molecule has 1 aliphatic heterocycles. The number of nitrogens with zero attached hydrogens (tertiary/aromatic N) is 3. The topological polar surface area (TPSA) is 85.5 Å². The van der Waals surface area contributed by atoms with Gasteiger partial charge in [-0.1, -0.05) is 68.2 Å². The quantitative estimate of drug-likeness (QED) is 0.252. The number of fused-ring (bicyclic) bond motifs is 2. The third kappa shape index (κ3) is 4.41. The molecule has 2 aromatic carbocycles. The van der Waals surface area contributed by atoms with E-state index in [1.807, 2.05) is 44.2 Å². The lowest BCUT2D eigenvalue weighted by molar-refractivity contribution is 0.0970. The number of benzene rings is 2. The Labute approximate surface area is 213 Å². The first kappa shape index (κ1) is 24.2. The molecule has 0 saturated heterocycles. The van der Waals surface area contributed by atoms with Crippen molar-refractivity contribution in [1.82, 2.24) is 10.2 Å². The van der Waals surface area contributed by atoms with Crippen LogP contribution in [0.4, 0.5) is 5.13 Å². The fraction of sp³-hybridized carbons (Fsp3) is 0.357. The monoisotopic (exact) mass is 503 g/mol. The number of aromatic nitrogens is 2. The number of hydrogen-bond donors (Lipinski definition) is 0. The van der Waals surface area contributed by atoms with Crippen LogP contribution in [0.1, 0.15) is 77.8 Å². The van der Waals surface area contributed by atoms with Crippen LogP contribution in [-0.4, -0.2) is 22.7 Å². The summed E-state index contributed by atoms with van der Waals surface area (Å²) in [5, 5.41) is 10.2. The largest absolute Gasteiger partial charge is 0.494 e. The zero-order valence-corrected chi connectivity index (χ0v) is 21.6. The standard InChI is InChI=1S/C28H29N3O4S/c1-4-6-7-8-15-34-19-12-10-18(11-13-19)24-23-25(32)20-16-17(3)9-14-21(20)35-26(23)27(33)31(24)28-30-29-22(5-2)36-28/h9-14,16,24H,4-8,15H2,1-3H3. The Morgan fingerprint density at radius 2 is 1.83 bits per heavy atom. The molecule has 0 N–H and O–H groups in total. The number of amides is 1. The molecular formula is C28H29N3O4S. The van der Waals surface area contributed by atoms with Crippen LogP contribution >= 0.6 is 11.3 Å². The van der Waals surface area contributed by atoms with Crippen LogP contribution in [0.15, 0.2) is 51.7 Å². The molecule has 0 fully saturated rings. The summed E-state index contributed by atoms with van der Waals surface area (Å²) in [5.41, 5.74) is 2.26. The van der Waals surface area contributed by atoms with E-state index in [2.05, 4.69) is 17.1 Å². The fourth-order valence-corrected chi connectivity index (χ4v) is 5.35. The summed E-state index contributed by atoms with van der Waals surface area (Å²) in [6.07, 6.45) is 5.26. The van der Waals surface area contributed by atoms with Gasteiger partial charge in [0, 0.05) is 0 Å². The van der Waals surface area contributed by atoms with E-state index in [4.69, 9.17) is 9.15 Å². The number of unbranched alkanes of at least 4 members (excludes halogenated alkanes) is 3. The normalized spacial score (nSPS) is 15.0. The van der Waals surface area contributed by atoms with E-state index in [1.165, 1.54) is 24.2 Å². The summed E-state index contributed by atoms with van der Waals surface area (Å²) in [6, 6.07) is 12.3. The highest BCUT2D eigenvalue weighted by Gasteiger charge is 2.45. The van der Waals surface area contributed by atoms with Gasteiger partial charge in [0.1, 0.15) is 16.3 Å². The summed E-state index contributed by atoms with van der Waals surface area (Å²) in [7, 11) is 0. The molecule has 36 heavy (non-hydrogen) atoms. The molecule has 3 heterocycles. The second-order valence-corrected chi connectivity index (χ2v) is 10.1. The van der Waals surface area contributed by atoms with Crippen molar-refractivity contribution in [3.05, 3.63) is 80.1 Å². The van der Waals surface area contributed by atoms with Gasteiger partial charge >= 0.3 is 0 Å². The molecule has 5 rings (SSSR count). The van der Waals surface area contributed by atoms with Gasteiger partial charge in [-0.3, -0.25) is 14.5 Å². The van der Waals surface area contributed by atoms with Crippen LogP contribution in [0.2, 0.25) is 0 Å². The molecule has 7 nitrogen and oxygen atoms in total. The molecule has 1 atom stereocenters. The molecule has 0 saturated carbocycles. The van der Waals surface area contributed by atoms with Crippen LogP contribution < -0.4 is 15.1 Å². The van der Waals surface area contributed by atoms with Gasteiger partial charge in [0.25, 0.3) is 5.91 Å². The lowest BCUT2D eigenvalue weighted by Gasteiger charge is -2.22. The van der Waals surface area contributed by atoms with E-state index < -0.39 is 6.04 Å². The highest BCUT2D eigenvalue weighted by Crippen LogP contribution is 2.42. The third-order valence-corrected chi connectivity index (χ3v) is 7.52. The summed E-state index contributed by atoms with van der Waals surface area (Å²) < 4.78 is 11.9. The van der Waals surface area contributed by atoms with Crippen molar-refractivity contribution in [3.8, 4) is 5.75 Å². The molecule has 1 unspecified atom stereocenters. The zero-order chi connectivity index (χ0) is 25.2. The van der Waals surface area contributed by atoms with E-state index >= 15 is 0 Å². The molecule has 186 valence electrons. The summed E-state index contributed by atoms with van der Waals surface area (Å²) in [4.78, 5) is 28.9. The van der Waals surface area contributed by atoms with Gasteiger partial charge in [-0.05, 0) is 49.6 Å². The van der Waals surface area contributed by atoms with Gasteiger partial charge in [0.15, 0.2) is 5.43 Å². The smallest absolute Gasteiger partial charge is 0.297 e. The Bertz CT molecular complexity index is 1460. The molecule has 0 bridgehead atoms. The number of aryl methyl sites for hydroxylation is 2. The van der Waals surface area contributed by atoms with Crippen LogP contribution in [0, 0.1) is 6.92 Å². The molecule has 4 aromatic rings. The molecule has 0 aliphatic carbocycles. The fourth-order valence-electron chi connectivity index (χ4n) is 4.55. The number of carbonyl (C=O) groups excluding carboxylic acids is 1. The van der Waals surface area contributed by atoms with Crippen molar-refractivity contribution in [1.29, 1.82) is 0 Å². The van der Waals surface area contributed by atoms with Crippen LogP contribution in [0.5, 0.6) is 5.75 Å². The Kier molecular flexibility index (Phi) is 6.87. The summed E-state index contributed by atoms with van der Waals surface area (Å²) >= 11 is 1.35. The van der Waals surface area contributed by atoms with E-state index in [1.54, 1.807) is 17.0 Å². The minimum absolute atomic E-state index is 0.0610. The second-order valence-electron chi connectivity index (χ2n) is 9.06. The maximum Gasteiger partial charge on any atom is 0.297 e. The van der Waals surface area contributed by atoms with Crippen molar-refractivity contribution >= 4 is 33.3 Å². The van der Waals surface area contributed by atoms with Gasteiger partial charge in [0.05, 0.1) is 23.6 Å². The van der Waals surface area contributed by atoms with E-state index in [0.717, 1.165) is 34.7 Å². The summed E-state index contributed by atoms with van der Waals surface area (Å²) in [6.45, 7) is 6.76. The van der Waals surface area contributed by atoms with Crippen molar-refractivity contribution in [2.24, 2.45) is 0 Å². The van der Waals surface area contributed by atoms with Gasteiger partial charge in [-0.15, -0.1) is 10.2 Å². The number of carbonyl (C=O) groups is 1. The van der Waals surface area contributed by atoms with Gasteiger partial charge in [-0.2, -0.15) is 0 Å². The molecule has 1 aliphatic rings.